The smallest absolute Gasteiger partial charge is 0.334 e. The molecule has 0 aliphatic heterocycles. The van der Waals surface area contributed by atoms with E-state index in [9.17, 15) is 4.79 Å². The monoisotopic (exact) mass is 307 g/mol. The predicted octanol–water partition coefficient (Wildman–Crippen LogP) is 3.35. The van der Waals surface area contributed by atoms with Crippen molar-refractivity contribution in [2.45, 2.75) is 25.9 Å². The second-order valence-corrected chi connectivity index (χ2v) is 8.80. The Morgan fingerprint density at radius 1 is 1.24 bits per heavy atom. The van der Waals surface area contributed by atoms with Gasteiger partial charge in [-0.3, -0.25) is 4.79 Å². The summed E-state index contributed by atoms with van der Waals surface area (Å²) in [5.41, 5.74) is 1.43. The molecule has 5 heteroatoms. The molecule has 1 amide bonds. The average molecular weight is 307 g/mol. The van der Waals surface area contributed by atoms with Crippen LogP contribution in [0.5, 0.6) is 0 Å². The van der Waals surface area contributed by atoms with Gasteiger partial charge in [0, 0.05) is 32.0 Å². The van der Waals surface area contributed by atoms with Gasteiger partial charge in [-0.25, -0.2) is 0 Å². The number of para-hydroxylation sites is 1. The van der Waals surface area contributed by atoms with Crippen molar-refractivity contribution in [1.29, 1.82) is 0 Å². The first-order valence-electron chi connectivity index (χ1n) is 7.06. The van der Waals surface area contributed by atoms with Crippen LogP contribution in [0.2, 0.25) is 12.6 Å². The zero-order valence-corrected chi connectivity index (χ0v) is 14.4. The highest BCUT2D eigenvalue weighted by molar-refractivity contribution is 6.65. The molecule has 0 spiro atoms. The van der Waals surface area contributed by atoms with Crippen molar-refractivity contribution in [3.05, 3.63) is 42.5 Å². The molecule has 0 N–H and O–H groups in total. The van der Waals surface area contributed by atoms with Crippen molar-refractivity contribution >= 4 is 20.2 Å². The van der Waals surface area contributed by atoms with Gasteiger partial charge in [-0.05, 0) is 38.1 Å². The van der Waals surface area contributed by atoms with E-state index in [1.54, 1.807) is 26.0 Å². The molecule has 21 heavy (non-hydrogen) atoms. The van der Waals surface area contributed by atoms with E-state index in [2.05, 4.69) is 6.58 Å². The van der Waals surface area contributed by atoms with Crippen LogP contribution in [0.1, 0.15) is 13.3 Å². The van der Waals surface area contributed by atoms with Crippen LogP contribution in [0.25, 0.3) is 0 Å². The first-order chi connectivity index (χ1) is 9.93. The number of hydrogen-bond acceptors (Lipinski definition) is 3. The summed E-state index contributed by atoms with van der Waals surface area (Å²) < 4.78 is 11.0. The van der Waals surface area contributed by atoms with Crippen LogP contribution in [0, 0.1) is 0 Å². The highest BCUT2D eigenvalue weighted by atomic mass is 28.4. The molecular formula is C16H25NO3Si. The van der Waals surface area contributed by atoms with Gasteiger partial charge < -0.3 is 13.8 Å². The van der Waals surface area contributed by atoms with E-state index in [1.165, 1.54) is 0 Å². The second-order valence-electron chi connectivity index (χ2n) is 5.22. The fourth-order valence-electron chi connectivity index (χ4n) is 2.03. The maximum absolute atomic E-state index is 12.3. The molecule has 1 aromatic carbocycles. The van der Waals surface area contributed by atoms with Crippen LogP contribution >= 0.6 is 0 Å². The lowest BCUT2D eigenvalue weighted by Gasteiger charge is -2.26. The highest BCUT2D eigenvalue weighted by Crippen LogP contribution is 2.19. The number of hydrogen-bond donors (Lipinski definition) is 0. The van der Waals surface area contributed by atoms with Crippen molar-refractivity contribution in [2.75, 3.05) is 25.7 Å². The molecule has 0 atom stereocenters. The Hall–Kier alpha value is -1.43. The van der Waals surface area contributed by atoms with Crippen LogP contribution in [0.15, 0.2) is 42.5 Å². The molecule has 4 nitrogen and oxygen atoms in total. The number of nitrogens with zero attached hydrogens (tertiary/aromatic N) is 1. The van der Waals surface area contributed by atoms with E-state index in [4.69, 9.17) is 8.85 Å². The highest BCUT2D eigenvalue weighted by Gasteiger charge is 2.28. The SMILES string of the molecule is C=C(C)C(=O)N(CCC[Si](C)(OC)OC)c1ccccc1. The van der Waals surface area contributed by atoms with Crippen LogP contribution in [0.4, 0.5) is 5.69 Å². The topological polar surface area (TPSA) is 38.8 Å². The van der Waals surface area contributed by atoms with E-state index in [0.717, 1.165) is 18.2 Å². The minimum atomic E-state index is -2.09. The molecule has 0 aromatic heterocycles. The van der Waals surface area contributed by atoms with Crippen LogP contribution in [-0.4, -0.2) is 35.2 Å². The van der Waals surface area contributed by atoms with Gasteiger partial charge in [0.2, 0.25) is 0 Å². The Morgan fingerprint density at radius 2 is 1.81 bits per heavy atom. The normalized spacial score (nSPS) is 11.2. The number of benzene rings is 1. The van der Waals surface area contributed by atoms with Crippen molar-refractivity contribution in [3.63, 3.8) is 0 Å². The molecule has 0 unspecified atom stereocenters. The zero-order chi connectivity index (χ0) is 15.9. The lowest BCUT2D eigenvalue weighted by atomic mass is 10.2. The molecule has 0 aliphatic rings. The number of carbonyl (C=O) groups is 1. The van der Waals surface area contributed by atoms with E-state index in [0.29, 0.717) is 12.1 Å². The zero-order valence-electron chi connectivity index (χ0n) is 13.4. The third-order valence-electron chi connectivity index (χ3n) is 3.55. The van der Waals surface area contributed by atoms with Gasteiger partial charge in [-0.15, -0.1) is 0 Å². The average Bonchev–Trinajstić information content (AvgIpc) is 2.51. The first-order valence-corrected chi connectivity index (χ1v) is 9.58. The number of carbonyl (C=O) groups excluding carboxylic acids is 1. The fourth-order valence-corrected chi connectivity index (χ4v) is 3.41. The molecule has 0 aliphatic carbocycles. The van der Waals surface area contributed by atoms with Crippen molar-refractivity contribution in [3.8, 4) is 0 Å². The van der Waals surface area contributed by atoms with Gasteiger partial charge in [-0.2, -0.15) is 0 Å². The Morgan fingerprint density at radius 3 is 2.29 bits per heavy atom. The molecule has 0 radical (unpaired) electrons. The molecule has 1 aromatic rings. The molecule has 1 rings (SSSR count). The predicted molar refractivity (Wildman–Crippen MR) is 88.7 cm³/mol. The van der Waals surface area contributed by atoms with Gasteiger partial charge in [0.15, 0.2) is 0 Å². The molecule has 0 fully saturated rings. The largest absolute Gasteiger partial charge is 0.398 e. The Bertz CT molecular complexity index is 472. The number of rotatable bonds is 8. The van der Waals surface area contributed by atoms with Crippen molar-refractivity contribution in [1.82, 2.24) is 0 Å². The maximum Gasteiger partial charge on any atom is 0.334 e. The van der Waals surface area contributed by atoms with Crippen molar-refractivity contribution < 1.29 is 13.6 Å². The minimum Gasteiger partial charge on any atom is -0.398 e. The lowest BCUT2D eigenvalue weighted by molar-refractivity contribution is -0.115. The Labute approximate surface area is 128 Å². The standard InChI is InChI=1S/C16H25NO3Si/c1-14(2)16(18)17(15-10-7-6-8-11-15)12-9-13-21(5,19-3)20-4/h6-8,10-11H,1,9,12-13H2,2-5H3. The molecular weight excluding hydrogens is 282 g/mol. The van der Waals surface area contributed by atoms with Crippen LogP contribution in [-0.2, 0) is 13.6 Å². The van der Waals surface area contributed by atoms with Crippen LogP contribution in [0.3, 0.4) is 0 Å². The van der Waals surface area contributed by atoms with Crippen LogP contribution < -0.4 is 4.90 Å². The van der Waals surface area contributed by atoms with Gasteiger partial charge >= 0.3 is 8.56 Å². The molecule has 0 saturated carbocycles. The van der Waals surface area contributed by atoms with E-state index in [1.807, 2.05) is 36.9 Å². The molecule has 0 heterocycles. The molecule has 0 bridgehead atoms. The number of amides is 1. The Balaban J connectivity index is 2.76. The third-order valence-corrected chi connectivity index (χ3v) is 6.54. The van der Waals surface area contributed by atoms with Crippen molar-refractivity contribution in [2.24, 2.45) is 0 Å². The summed E-state index contributed by atoms with van der Waals surface area (Å²) in [4.78, 5) is 14.1. The summed E-state index contributed by atoms with van der Waals surface area (Å²) in [5, 5.41) is 0. The summed E-state index contributed by atoms with van der Waals surface area (Å²) in [5.74, 6) is -0.0422. The summed E-state index contributed by atoms with van der Waals surface area (Å²) >= 11 is 0. The first kappa shape index (κ1) is 17.6. The number of anilines is 1. The second kappa shape index (κ2) is 8.12. The molecule has 116 valence electrons. The molecule has 0 saturated heterocycles. The van der Waals surface area contributed by atoms with Gasteiger partial charge in [0.25, 0.3) is 5.91 Å². The maximum atomic E-state index is 12.3. The fraction of sp³-hybridized carbons (Fsp3) is 0.438. The van der Waals surface area contributed by atoms with E-state index < -0.39 is 8.56 Å². The van der Waals surface area contributed by atoms with Gasteiger partial charge in [0.05, 0.1) is 0 Å². The summed E-state index contributed by atoms with van der Waals surface area (Å²) in [6.07, 6.45) is 0.832. The minimum absolute atomic E-state index is 0.0422. The van der Waals surface area contributed by atoms with E-state index in [-0.39, 0.29) is 5.91 Å². The summed E-state index contributed by atoms with van der Waals surface area (Å²) in [6, 6.07) is 10.5. The lowest BCUT2D eigenvalue weighted by Crippen LogP contribution is -2.38. The summed E-state index contributed by atoms with van der Waals surface area (Å²) in [6.45, 7) is 8.15. The van der Waals surface area contributed by atoms with E-state index >= 15 is 0 Å². The van der Waals surface area contributed by atoms with Gasteiger partial charge in [-0.1, -0.05) is 24.8 Å². The van der Waals surface area contributed by atoms with Gasteiger partial charge in [0.1, 0.15) is 0 Å². The quantitative estimate of drug-likeness (QED) is 0.546. The Kier molecular flexibility index (Phi) is 6.81. The third kappa shape index (κ3) is 5.11. The summed E-state index contributed by atoms with van der Waals surface area (Å²) in [7, 11) is 1.28.